The number of carbonyl (C=O) groups excluding carboxylic acids is 2. The third-order valence-electron chi connectivity index (χ3n) is 8.29. The first-order valence-corrected chi connectivity index (χ1v) is 17.1. The van der Waals surface area contributed by atoms with E-state index in [0.29, 0.717) is 17.4 Å². The number of hydrogen-bond acceptors (Lipinski definition) is 3. The van der Waals surface area contributed by atoms with Crippen LogP contribution in [0.2, 0.25) is 0 Å². The molecule has 0 aliphatic rings. The van der Waals surface area contributed by atoms with Gasteiger partial charge in [-0.15, -0.1) is 0 Å². The molecule has 2 amide bonds. The SMILES string of the molecule is CCCCCCCCCCCCN(C(=O)C[N+](C)(C)C)[C@](CCCCCCCCCCCC)(CCC(N)=O)C(=O)O. The second kappa shape index (κ2) is 23.9. The smallest absolute Gasteiger partial charge is 0.329 e. The molecule has 0 aromatic rings. The number of nitrogens with two attached hydrogens (primary N) is 1. The van der Waals surface area contributed by atoms with E-state index in [1.165, 1.54) is 83.5 Å². The third-order valence-corrected chi connectivity index (χ3v) is 8.29. The molecular weight excluding hydrogens is 514 g/mol. The number of carboxylic acid groups (broad SMARTS) is 1. The van der Waals surface area contributed by atoms with Crippen LogP contribution in [0.4, 0.5) is 0 Å². The van der Waals surface area contributed by atoms with Crippen molar-refractivity contribution in [1.29, 1.82) is 0 Å². The van der Waals surface area contributed by atoms with E-state index in [4.69, 9.17) is 5.73 Å². The minimum atomic E-state index is -1.39. The highest BCUT2D eigenvalue weighted by molar-refractivity contribution is 5.88. The van der Waals surface area contributed by atoms with Crippen molar-refractivity contribution < 1.29 is 24.0 Å². The molecule has 0 unspecified atom stereocenters. The first kappa shape index (κ1) is 39.4. The highest BCUT2D eigenvalue weighted by Crippen LogP contribution is 2.31. The topological polar surface area (TPSA) is 101 Å². The maximum Gasteiger partial charge on any atom is 0.329 e. The highest BCUT2D eigenvalue weighted by Gasteiger charge is 2.46. The molecule has 41 heavy (non-hydrogen) atoms. The van der Waals surface area contributed by atoms with Crippen LogP contribution in [0.3, 0.4) is 0 Å². The minimum Gasteiger partial charge on any atom is -0.479 e. The van der Waals surface area contributed by atoms with Crippen molar-refractivity contribution in [3.63, 3.8) is 0 Å². The number of nitrogens with zero attached hydrogens (tertiary/aromatic N) is 2. The Bertz CT molecular complexity index is 692. The van der Waals surface area contributed by atoms with E-state index >= 15 is 0 Å². The van der Waals surface area contributed by atoms with Gasteiger partial charge in [-0.1, -0.05) is 136 Å². The molecule has 0 aromatic carbocycles. The number of quaternary nitrogens is 1. The van der Waals surface area contributed by atoms with Crippen LogP contribution in [0.25, 0.3) is 0 Å². The Labute approximate surface area is 253 Å². The zero-order valence-corrected chi connectivity index (χ0v) is 27.8. The molecule has 0 spiro atoms. The molecule has 0 saturated carbocycles. The summed E-state index contributed by atoms with van der Waals surface area (Å²) >= 11 is 0. The largest absolute Gasteiger partial charge is 0.479 e. The molecule has 0 aromatic heterocycles. The van der Waals surface area contributed by atoms with Crippen molar-refractivity contribution in [2.75, 3.05) is 34.2 Å². The summed E-state index contributed by atoms with van der Waals surface area (Å²) in [7, 11) is 5.85. The van der Waals surface area contributed by atoms with Crippen LogP contribution in [0.1, 0.15) is 162 Å². The van der Waals surface area contributed by atoms with Gasteiger partial charge < -0.3 is 20.2 Å². The summed E-state index contributed by atoms with van der Waals surface area (Å²) < 4.78 is 0.428. The van der Waals surface area contributed by atoms with Crippen LogP contribution in [0.5, 0.6) is 0 Å². The number of hydrogen-bond donors (Lipinski definition) is 2. The van der Waals surface area contributed by atoms with Crippen molar-refractivity contribution in [2.24, 2.45) is 5.73 Å². The molecule has 7 nitrogen and oxygen atoms in total. The van der Waals surface area contributed by atoms with Gasteiger partial charge in [0.2, 0.25) is 5.91 Å². The fourth-order valence-electron chi connectivity index (χ4n) is 5.79. The highest BCUT2D eigenvalue weighted by atomic mass is 16.4. The van der Waals surface area contributed by atoms with E-state index < -0.39 is 17.4 Å². The van der Waals surface area contributed by atoms with Crippen molar-refractivity contribution in [3.8, 4) is 0 Å². The van der Waals surface area contributed by atoms with E-state index in [1.54, 1.807) is 4.90 Å². The van der Waals surface area contributed by atoms with E-state index in [1.807, 2.05) is 21.1 Å². The number of carbonyl (C=O) groups is 3. The van der Waals surface area contributed by atoms with Crippen molar-refractivity contribution >= 4 is 17.8 Å². The molecule has 0 rings (SSSR count). The molecule has 0 radical (unpaired) electrons. The van der Waals surface area contributed by atoms with Gasteiger partial charge in [0.05, 0.1) is 21.1 Å². The lowest BCUT2D eigenvalue weighted by molar-refractivity contribution is -0.862. The fraction of sp³-hybridized carbons (Fsp3) is 0.912. The molecule has 0 fully saturated rings. The molecular formula is C34H68N3O4+. The summed E-state index contributed by atoms with van der Waals surface area (Å²) in [6, 6.07) is 0. The predicted molar refractivity (Wildman–Crippen MR) is 172 cm³/mol. The zero-order chi connectivity index (χ0) is 31.0. The number of primary amides is 1. The summed E-state index contributed by atoms with van der Waals surface area (Å²) in [6.45, 7) is 5.10. The first-order valence-electron chi connectivity index (χ1n) is 17.1. The van der Waals surface area contributed by atoms with Crippen molar-refractivity contribution in [1.82, 2.24) is 4.90 Å². The Hall–Kier alpha value is -1.63. The van der Waals surface area contributed by atoms with Crippen LogP contribution in [0.15, 0.2) is 0 Å². The van der Waals surface area contributed by atoms with Gasteiger partial charge in [-0.3, -0.25) is 9.59 Å². The maximum absolute atomic E-state index is 13.7. The van der Waals surface area contributed by atoms with Gasteiger partial charge in [0.1, 0.15) is 5.54 Å². The number of rotatable bonds is 29. The lowest BCUT2D eigenvalue weighted by atomic mass is 9.84. The predicted octanol–water partition coefficient (Wildman–Crippen LogP) is 7.84. The van der Waals surface area contributed by atoms with Crippen LogP contribution in [0, 0.1) is 0 Å². The Morgan fingerprint density at radius 3 is 1.39 bits per heavy atom. The quantitative estimate of drug-likeness (QED) is 0.0693. The van der Waals surface area contributed by atoms with E-state index in [9.17, 15) is 19.5 Å². The van der Waals surface area contributed by atoms with E-state index in [0.717, 1.165) is 44.9 Å². The Balaban J connectivity index is 5.27. The summed E-state index contributed by atoms with van der Waals surface area (Å²) in [5.74, 6) is -1.67. The number of unbranched alkanes of at least 4 members (excludes halogenated alkanes) is 18. The van der Waals surface area contributed by atoms with E-state index in [-0.39, 0.29) is 25.3 Å². The Morgan fingerprint density at radius 1 is 0.634 bits per heavy atom. The normalized spacial score (nSPS) is 13.2. The van der Waals surface area contributed by atoms with Gasteiger partial charge in [-0.2, -0.15) is 0 Å². The zero-order valence-electron chi connectivity index (χ0n) is 27.8. The van der Waals surface area contributed by atoms with Gasteiger partial charge in [-0.05, 0) is 19.3 Å². The standard InChI is InChI=1S/C34H67N3O4/c1-6-8-10-12-14-16-18-20-22-24-27-34(33(40)41,28-26-31(35)38)36(32(39)30-37(3,4)5)29-25-23-21-19-17-15-13-11-9-7-2/h6-30H2,1-5H3,(H2-,35,38,40,41)/p+1/t34-/m1/s1. The third kappa shape index (κ3) is 20.0. The summed E-state index contributed by atoms with van der Waals surface area (Å²) in [5, 5.41) is 10.6. The van der Waals surface area contributed by atoms with Crippen LogP contribution >= 0.6 is 0 Å². The average Bonchev–Trinajstić information content (AvgIpc) is 2.89. The molecule has 0 aliphatic heterocycles. The molecule has 0 saturated heterocycles. The molecule has 1 atom stereocenters. The van der Waals surface area contributed by atoms with Gasteiger partial charge in [0.15, 0.2) is 6.54 Å². The lowest BCUT2D eigenvalue weighted by Crippen LogP contribution is -2.60. The van der Waals surface area contributed by atoms with E-state index in [2.05, 4.69) is 13.8 Å². The molecule has 0 heterocycles. The number of carboxylic acids is 1. The van der Waals surface area contributed by atoms with Gasteiger partial charge in [0.25, 0.3) is 5.91 Å². The maximum atomic E-state index is 13.7. The second-order valence-electron chi connectivity index (χ2n) is 13.4. The molecule has 0 bridgehead atoms. The molecule has 242 valence electrons. The molecule has 3 N–H and O–H groups in total. The summed E-state index contributed by atoms with van der Waals surface area (Å²) in [5.41, 5.74) is 4.11. The van der Waals surface area contributed by atoms with Crippen molar-refractivity contribution in [3.05, 3.63) is 0 Å². The number of likely N-dealkylation sites (N-methyl/N-ethyl adjacent to an activating group) is 1. The summed E-state index contributed by atoms with van der Waals surface area (Å²) in [6.07, 6.45) is 23.8. The molecule has 7 heteroatoms. The van der Waals surface area contributed by atoms with Gasteiger partial charge >= 0.3 is 5.97 Å². The van der Waals surface area contributed by atoms with Crippen molar-refractivity contribution in [2.45, 2.75) is 167 Å². The number of aliphatic carboxylic acids is 1. The Morgan fingerprint density at radius 2 is 1.02 bits per heavy atom. The fourth-order valence-corrected chi connectivity index (χ4v) is 5.79. The average molecular weight is 583 g/mol. The number of amides is 2. The second-order valence-corrected chi connectivity index (χ2v) is 13.4. The van der Waals surface area contributed by atoms with Crippen LogP contribution in [-0.4, -0.2) is 72.0 Å². The first-order chi connectivity index (χ1) is 19.5. The Kier molecular flexibility index (Phi) is 22.9. The van der Waals surface area contributed by atoms with Gasteiger partial charge in [-0.25, -0.2) is 4.79 Å². The van der Waals surface area contributed by atoms with Crippen LogP contribution in [-0.2, 0) is 14.4 Å². The lowest BCUT2D eigenvalue weighted by Gasteiger charge is -2.42. The van der Waals surface area contributed by atoms with Crippen LogP contribution < -0.4 is 5.73 Å². The minimum absolute atomic E-state index is 0.0315. The van der Waals surface area contributed by atoms with Gasteiger partial charge in [0, 0.05) is 13.0 Å². The monoisotopic (exact) mass is 583 g/mol. The molecule has 0 aliphatic carbocycles. The summed E-state index contributed by atoms with van der Waals surface area (Å²) in [4.78, 5) is 40.1.